The number of ether oxygens (including phenoxy) is 1. The summed E-state index contributed by atoms with van der Waals surface area (Å²) in [6, 6.07) is 7.51. The number of cyclic esters (lactones) is 1. The van der Waals surface area contributed by atoms with Crippen molar-refractivity contribution in [3.05, 3.63) is 34.9 Å². The lowest BCUT2D eigenvalue weighted by Crippen LogP contribution is -2.35. The van der Waals surface area contributed by atoms with Gasteiger partial charge in [0.15, 0.2) is 0 Å². The van der Waals surface area contributed by atoms with Gasteiger partial charge in [-0.05, 0) is 43.6 Å². The zero-order valence-corrected chi connectivity index (χ0v) is 10.9. The van der Waals surface area contributed by atoms with Crippen molar-refractivity contribution in [3.63, 3.8) is 0 Å². The molecule has 2 unspecified atom stereocenters. The smallest absolute Gasteiger partial charge is 0.324 e. The molecule has 2 aliphatic rings. The van der Waals surface area contributed by atoms with E-state index in [4.69, 9.17) is 16.3 Å². The van der Waals surface area contributed by atoms with Crippen LogP contribution in [0, 0.1) is 0 Å². The first-order valence-corrected chi connectivity index (χ1v) is 6.82. The van der Waals surface area contributed by atoms with Crippen LogP contribution >= 0.6 is 11.6 Å². The Bertz CT molecular complexity index is 440. The van der Waals surface area contributed by atoms with Crippen molar-refractivity contribution in [2.75, 3.05) is 13.1 Å². The number of carbonyl (C=O) groups is 1. The SMILES string of the molecule is O=C1OC(c2ccc(Cl)cc2)CC1N1CCCC1. The van der Waals surface area contributed by atoms with E-state index in [0.717, 1.165) is 25.1 Å². The van der Waals surface area contributed by atoms with Crippen molar-refractivity contribution >= 4 is 17.6 Å². The number of hydrogen-bond donors (Lipinski definition) is 0. The van der Waals surface area contributed by atoms with Gasteiger partial charge in [-0.1, -0.05) is 23.7 Å². The maximum atomic E-state index is 11.9. The molecule has 2 atom stereocenters. The number of esters is 1. The molecule has 2 heterocycles. The number of nitrogens with zero attached hydrogens (tertiary/aromatic N) is 1. The van der Waals surface area contributed by atoms with Crippen LogP contribution in [0.2, 0.25) is 5.02 Å². The maximum Gasteiger partial charge on any atom is 0.324 e. The fraction of sp³-hybridized carbons (Fsp3) is 0.500. The van der Waals surface area contributed by atoms with Gasteiger partial charge in [-0.15, -0.1) is 0 Å². The van der Waals surface area contributed by atoms with E-state index in [1.54, 1.807) is 0 Å². The molecule has 2 fully saturated rings. The lowest BCUT2D eigenvalue weighted by Gasteiger charge is -2.18. The van der Waals surface area contributed by atoms with Gasteiger partial charge in [0.05, 0.1) is 0 Å². The third-order valence-corrected chi connectivity index (χ3v) is 4.04. The normalized spacial score (nSPS) is 28.6. The third-order valence-electron chi connectivity index (χ3n) is 3.79. The van der Waals surface area contributed by atoms with Gasteiger partial charge in [-0.25, -0.2) is 0 Å². The number of carbonyl (C=O) groups excluding carboxylic acids is 1. The van der Waals surface area contributed by atoms with E-state index in [2.05, 4.69) is 4.90 Å². The molecule has 1 aromatic carbocycles. The highest BCUT2D eigenvalue weighted by atomic mass is 35.5. The number of benzene rings is 1. The third kappa shape index (κ3) is 2.25. The van der Waals surface area contributed by atoms with Crippen LogP contribution in [-0.2, 0) is 9.53 Å². The molecule has 2 aliphatic heterocycles. The molecule has 3 rings (SSSR count). The molecule has 18 heavy (non-hydrogen) atoms. The molecule has 0 radical (unpaired) electrons. The predicted octanol–water partition coefficient (Wildman–Crippen LogP) is 2.79. The van der Waals surface area contributed by atoms with Gasteiger partial charge < -0.3 is 4.74 Å². The van der Waals surface area contributed by atoms with Crippen LogP contribution in [-0.4, -0.2) is 30.0 Å². The minimum absolute atomic E-state index is 0.0480. The molecule has 4 heteroatoms. The van der Waals surface area contributed by atoms with E-state index in [9.17, 15) is 4.79 Å². The van der Waals surface area contributed by atoms with Crippen molar-refractivity contribution in [1.82, 2.24) is 4.90 Å². The van der Waals surface area contributed by atoms with Crippen LogP contribution in [0.4, 0.5) is 0 Å². The number of likely N-dealkylation sites (tertiary alicyclic amines) is 1. The summed E-state index contributed by atoms with van der Waals surface area (Å²) in [5.41, 5.74) is 1.04. The Hall–Kier alpha value is -1.06. The van der Waals surface area contributed by atoms with Crippen LogP contribution in [0.15, 0.2) is 24.3 Å². The molecular weight excluding hydrogens is 250 g/mol. The van der Waals surface area contributed by atoms with Crippen molar-refractivity contribution in [3.8, 4) is 0 Å². The molecule has 0 bridgehead atoms. The first-order valence-electron chi connectivity index (χ1n) is 6.44. The van der Waals surface area contributed by atoms with Crippen LogP contribution in [0.1, 0.15) is 30.9 Å². The van der Waals surface area contributed by atoms with Crippen molar-refractivity contribution in [1.29, 1.82) is 0 Å². The predicted molar refractivity (Wildman–Crippen MR) is 69.5 cm³/mol. The molecule has 0 amide bonds. The van der Waals surface area contributed by atoms with E-state index in [1.807, 2.05) is 24.3 Å². The Morgan fingerprint density at radius 1 is 1.17 bits per heavy atom. The molecule has 0 N–H and O–H groups in total. The van der Waals surface area contributed by atoms with Gasteiger partial charge in [0.25, 0.3) is 0 Å². The Morgan fingerprint density at radius 2 is 1.83 bits per heavy atom. The van der Waals surface area contributed by atoms with Gasteiger partial charge in [-0.3, -0.25) is 9.69 Å². The topological polar surface area (TPSA) is 29.5 Å². The number of halogens is 1. The summed E-state index contributed by atoms with van der Waals surface area (Å²) in [4.78, 5) is 14.2. The van der Waals surface area contributed by atoms with Crippen LogP contribution < -0.4 is 0 Å². The zero-order chi connectivity index (χ0) is 12.5. The van der Waals surface area contributed by atoms with Crippen LogP contribution in [0.25, 0.3) is 0 Å². The first-order chi connectivity index (χ1) is 8.74. The standard InChI is InChI=1S/C14H16ClNO2/c15-11-5-3-10(4-6-11)13-9-12(14(17)18-13)16-7-1-2-8-16/h3-6,12-13H,1-2,7-9H2. The Labute approximate surface area is 112 Å². The van der Waals surface area contributed by atoms with Crippen molar-refractivity contribution < 1.29 is 9.53 Å². The van der Waals surface area contributed by atoms with Crippen LogP contribution in [0.5, 0.6) is 0 Å². The fourth-order valence-corrected chi connectivity index (χ4v) is 2.92. The second-order valence-corrected chi connectivity index (χ2v) is 5.41. The summed E-state index contributed by atoms with van der Waals surface area (Å²) in [5.74, 6) is -0.0724. The molecular formula is C14H16ClNO2. The fourth-order valence-electron chi connectivity index (χ4n) is 2.80. The van der Waals surface area contributed by atoms with Gasteiger partial charge in [0.2, 0.25) is 0 Å². The molecule has 0 aliphatic carbocycles. The Balaban J connectivity index is 1.73. The van der Waals surface area contributed by atoms with E-state index in [0.29, 0.717) is 5.02 Å². The Morgan fingerprint density at radius 3 is 2.50 bits per heavy atom. The van der Waals surface area contributed by atoms with E-state index >= 15 is 0 Å². The summed E-state index contributed by atoms with van der Waals surface area (Å²) >= 11 is 5.86. The summed E-state index contributed by atoms with van der Waals surface area (Å²) in [6.45, 7) is 2.04. The Kier molecular flexibility index (Phi) is 3.27. The maximum absolute atomic E-state index is 11.9. The van der Waals surface area contributed by atoms with Gasteiger partial charge in [0.1, 0.15) is 12.1 Å². The highest BCUT2D eigenvalue weighted by Crippen LogP contribution is 2.33. The number of rotatable bonds is 2. The molecule has 96 valence electrons. The molecule has 0 saturated carbocycles. The second-order valence-electron chi connectivity index (χ2n) is 4.97. The lowest BCUT2D eigenvalue weighted by molar-refractivity contribution is -0.145. The molecule has 3 nitrogen and oxygen atoms in total. The average Bonchev–Trinajstić information content (AvgIpc) is 2.99. The summed E-state index contributed by atoms with van der Waals surface area (Å²) in [6.07, 6.45) is 3.03. The minimum Gasteiger partial charge on any atom is -0.456 e. The van der Waals surface area contributed by atoms with Gasteiger partial charge in [-0.2, -0.15) is 0 Å². The summed E-state index contributed by atoms with van der Waals surface area (Å²) < 4.78 is 5.49. The minimum atomic E-state index is -0.111. The molecule has 1 aromatic rings. The lowest BCUT2D eigenvalue weighted by atomic mass is 10.0. The van der Waals surface area contributed by atoms with E-state index < -0.39 is 0 Å². The van der Waals surface area contributed by atoms with Gasteiger partial charge in [0, 0.05) is 11.4 Å². The summed E-state index contributed by atoms with van der Waals surface area (Å²) in [7, 11) is 0. The highest BCUT2D eigenvalue weighted by molar-refractivity contribution is 6.30. The highest BCUT2D eigenvalue weighted by Gasteiger charge is 2.39. The van der Waals surface area contributed by atoms with Crippen LogP contribution in [0.3, 0.4) is 0 Å². The average molecular weight is 266 g/mol. The van der Waals surface area contributed by atoms with E-state index in [-0.39, 0.29) is 18.1 Å². The molecule has 0 aromatic heterocycles. The quantitative estimate of drug-likeness (QED) is 0.770. The zero-order valence-electron chi connectivity index (χ0n) is 10.1. The monoisotopic (exact) mass is 265 g/mol. The summed E-state index contributed by atoms with van der Waals surface area (Å²) in [5, 5.41) is 0.708. The first kappa shape index (κ1) is 12.0. The second kappa shape index (κ2) is 4.90. The van der Waals surface area contributed by atoms with Gasteiger partial charge >= 0.3 is 5.97 Å². The van der Waals surface area contributed by atoms with Crippen molar-refractivity contribution in [2.45, 2.75) is 31.4 Å². The number of hydrogen-bond acceptors (Lipinski definition) is 3. The largest absolute Gasteiger partial charge is 0.456 e. The van der Waals surface area contributed by atoms with E-state index in [1.165, 1.54) is 12.8 Å². The van der Waals surface area contributed by atoms with Crippen molar-refractivity contribution in [2.24, 2.45) is 0 Å². The molecule has 0 spiro atoms. The molecule has 2 saturated heterocycles.